The topological polar surface area (TPSA) is 47.1 Å². The Bertz CT molecular complexity index is 372. The van der Waals surface area contributed by atoms with Crippen molar-refractivity contribution < 1.29 is 0 Å². The van der Waals surface area contributed by atoms with Gasteiger partial charge in [-0.15, -0.1) is 0 Å². The van der Waals surface area contributed by atoms with E-state index >= 15 is 0 Å². The molecule has 2 N–H and O–H groups in total. The highest BCUT2D eigenvalue weighted by molar-refractivity contribution is 5.36. The van der Waals surface area contributed by atoms with Crippen molar-refractivity contribution in [1.29, 1.82) is 0 Å². The van der Waals surface area contributed by atoms with Gasteiger partial charge in [0.25, 0.3) is 0 Å². The Labute approximate surface area is 110 Å². The molecule has 0 bridgehead atoms. The van der Waals surface area contributed by atoms with Gasteiger partial charge >= 0.3 is 0 Å². The minimum atomic E-state index is 0.474. The number of piperidine rings is 1. The third-order valence-electron chi connectivity index (χ3n) is 3.79. The zero-order chi connectivity index (χ0) is 13.0. The van der Waals surface area contributed by atoms with Crippen molar-refractivity contribution in [3.8, 4) is 0 Å². The zero-order valence-corrected chi connectivity index (χ0v) is 11.7. The summed E-state index contributed by atoms with van der Waals surface area (Å²) < 4.78 is 2.31. The van der Waals surface area contributed by atoms with E-state index in [-0.39, 0.29) is 0 Å². The van der Waals surface area contributed by atoms with Crippen molar-refractivity contribution >= 4 is 5.95 Å². The molecule has 18 heavy (non-hydrogen) atoms. The number of aromatic nitrogens is 2. The molecular formula is C14H26N4. The summed E-state index contributed by atoms with van der Waals surface area (Å²) in [5, 5.41) is 0. The standard InChI is InChI=1S/C14H26N4/c1-3-8-17-11-12(4-2)16-14(17)18-9-6-5-7-13(18)10-15/h11,13H,3-10,15H2,1-2H3. The first-order chi connectivity index (χ1) is 8.80. The molecule has 1 aliphatic heterocycles. The number of nitrogens with zero attached hydrogens (tertiary/aromatic N) is 3. The molecule has 0 aromatic carbocycles. The lowest BCUT2D eigenvalue weighted by atomic mass is 10.0. The average molecular weight is 250 g/mol. The van der Waals surface area contributed by atoms with Gasteiger partial charge in [0.2, 0.25) is 5.95 Å². The number of imidazole rings is 1. The zero-order valence-electron chi connectivity index (χ0n) is 11.7. The van der Waals surface area contributed by atoms with E-state index in [1.807, 2.05) is 0 Å². The van der Waals surface area contributed by atoms with Crippen molar-refractivity contribution in [2.75, 3.05) is 18.0 Å². The van der Waals surface area contributed by atoms with E-state index < -0.39 is 0 Å². The summed E-state index contributed by atoms with van der Waals surface area (Å²) in [7, 11) is 0. The molecule has 0 radical (unpaired) electrons. The van der Waals surface area contributed by atoms with E-state index in [4.69, 9.17) is 10.7 Å². The van der Waals surface area contributed by atoms with Crippen LogP contribution in [0.5, 0.6) is 0 Å². The molecule has 0 spiro atoms. The maximum Gasteiger partial charge on any atom is 0.206 e. The molecular weight excluding hydrogens is 224 g/mol. The fourth-order valence-electron chi connectivity index (χ4n) is 2.77. The van der Waals surface area contributed by atoms with Crippen LogP contribution in [0, 0.1) is 0 Å². The molecule has 1 unspecified atom stereocenters. The number of aryl methyl sites for hydroxylation is 2. The van der Waals surface area contributed by atoms with Gasteiger partial charge in [-0.2, -0.15) is 0 Å². The molecule has 0 aliphatic carbocycles. The predicted octanol–water partition coefficient (Wildman–Crippen LogP) is 2.17. The Kier molecular flexibility index (Phi) is 4.64. The van der Waals surface area contributed by atoms with Gasteiger partial charge in [0.05, 0.1) is 5.69 Å². The monoisotopic (exact) mass is 250 g/mol. The molecule has 4 heteroatoms. The second kappa shape index (κ2) is 6.23. The highest BCUT2D eigenvalue weighted by Gasteiger charge is 2.25. The summed E-state index contributed by atoms with van der Waals surface area (Å²) in [5.74, 6) is 1.14. The largest absolute Gasteiger partial charge is 0.338 e. The molecule has 4 nitrogen and oxygen atoms in total. The fourth-order valence-corrected chi connectivity index (χ4v) is 2.77. The quantitative estimate of drug-likeness (QED) is 0.871. The van der Waals surface area contributed by atoms with Crippen LogP contribution in [-0.4, -0.2) is 28.7 Å². The third kappa shape index (κ3) is 2.69. The van der Waals surface area contributed by atoms with Gasteiger partial charge in [-0.25, -0.2) is 4.98 Å². The predicted molar refractivity (Wildman–Crippen MR) is 75.9 cm³/mol. The van der Waals surface area contributed by atoms with Gasteiger partial charge in [-0.05, 0) is 32.1 Å². The Morgan fingerprint density at radius 2 is 2.22 bits per heavy atom. The van der Waals surface area contributed by atoms with Gasteiger partial charge in [0, 0.05) is 31.9 Å². The normalized spacial score (nSPS) is 20.4. The van der Waals surface area contributed by atoms with Crippen molar-refractivity contribution in [3.05, 3.63) is 11.9 Å². The highest BCUT2D eigenvalue weighted by Crippen LogP contribution is 2.24. The molecule has 0 amide bonds. The first kappa shape index (κ1) is 13.4. The smallest absolute Gasteiger partial charge is 0.206 e. The fraction of sp³-hybridized carbons (Fsp3) is 0.786. The van der Waals surface area contributed by atoms with Crippen LogP contribution in [0.2, 0.25) is 0 Å². The third-order valence-corrected chi connectivity index (χ3v) is 3.79. The van der Waals surface area contributed by atoms with Crippen LogP contribution in [0.1, 0.15) is 45.2 Å². The van der Waals surface area contributed by atoms with Crippen molar-refractivity contribution in [2.45, 2.75) is 58.5 Å². The molecule has 102 valence electrons. The van der Waals surface area contributed by atoms with E-state index in [0.29, 0.717) is 6.04 Å². The minimum absolute atomic E-state index is 0.474. The Morgan fingerprint density at radius 3 is 2.89 bits per heavy atom. The van der Waals surface area contributed by atoms with Crippen LogP contribution >= 0.6 is 0 Å². The lowest BCUT2D eigenvalue weighted by molar-refractivity contribution is 0.450. The second-order valence-electron chi connectivity index (χ2n) is 5.16. The van der Waals surface area contributed by atoms with Crippen molar-refractivity contribution in [3.63, 3.8) is 0 Å². The number of hydrogen-bond donors (Lipinski definition) is 1. The Morgan fingerprint density at radius 1 is 1.39 bits per heavy atom. The van der Waals surface area contributed by atoms with Crippen LogP contribution < -0.4 is 10.6 Å². The van der Waals surface area contributed by atoms with Gasteiger partial charge in [0.15, 0.2) is 0 Å². The molecule has 1 atom stereocenters. The number of anilines is 1. The van der Waals surface area contributed by atoms with Crippen LogP contribution in [0.15, 0.2) is 6.20 Å². The van der Waals surface area contributed by atoms with E-state index in [9.17, 15) is 0 Å². The van der Waals surface area contributed by atoms with Crippen molar-refractivity contribution in [1.82, 2.24) is 9.55 Å². The van der Waals surface area contributed by atoms with E-state index in [2.05, 4.69) is 29.5 Å². The van der Waals surface area contributed by atoms with Gasteiger partial charge < -0.3 is 15.2 Å². The van der Waals surface area contributed by atoms with Crippen LogP contribution in [0.4, 0.5) is 5.95 Å². The van der Waals surface area contributed by atoms with Gasteiger partial charge in [-0.1, -0.05) is 13.8 Å². The molecule has 1 saturated heterocycles. The van der Waals surface area contributed by atoms with Crippen LogP contribution in [-0.2, 0) is 13.0 Å². The summed E-state index contributed by atoms with van der Waals surface area (Å²) in [5.41, 5.74) is 7.11. The summed E-state index contributed by atoms with van der Waals surface area (Å²) in [4.78, 5) is 7.23. The number of hydrogen-bond acceptors (Lipinski definition) is 3. The SMILES string of the molecule is CCCn1cc(CC)nc1N1CCCCC1CN. The average Bonchev–Trinajstić information content (AvgIpc) is 2.82. The summed E-state index contributed by atoms with van der Waals surface area (Å²) in [6.07, 6.45) is 8.13. The first-order valence-electron chi connectivity index (χ1n) is 7.32. The summed E-state index contributed by atoms with van der Waals surface area (Å²) >= 11 is 0. The highest BCUT2D eigenvalue weighted by atomic mass is 15.3. The van der Waals surface area contributed by atoms with Crippen molar-refractivity contribution in [2.24, 2.45) is 5.73 Å². The van der Waals surface area contributed by atoms with E-state index in [0.717, 1.165) is 38.4 Å². The summed E-state index contributed by atoms with van der Waals surface area (Å²) in [6.45, 7) is 7.27. The molecule has 1 fully saturated rings. The number of rotatable bonds is 5. The molecule has 1 aromatic rings. The molecule has 0 saturated carbocycles. The maximum atomic E-state index is 5.92. The van der Waals surface area contributed by atoms with Gasteiger partial charge in [0.1, 0.15) is 0 Å². The molecule has 2 heterocycles. The molecule has 1 aliphatic rings. The minimum Gasteiger partial charge on any atom is -0.338 e. The Hall–Kier alpha value is -1.03. The molecule has 2 rings (SSSR count). The van der Waals surface area contributed by atoms with Crippen LogP contribution in [0.25, 0.3) is 0 Å². The lowest BCUT2D eigenvalue weighted by Gasteiger charge is -2.36. The van der Waals surface area contributed by atoms with E-state index in [1.165, 1.54) is 25.0 Å². The Balaban J connectivity index is 2.26. The first-order valence-corrected chi connectivity index (χ1v) is 7.32. The van der Waals surface area contributed by atoms with Crippen LogP contribution in [0.3, 0.4) is 0 Å². The van der Waals surface area contributed by atoms with Gasteiger partial charge in [-0.3, -0.25) is 0 Å². The second-order valence-corrected chi connectivity index (χ2v) is 5.16. The lowest BCUT2D eigenvalue weighted by Crippen LogP contribution is -2.45. The molecule has 1 aromatic heterocycles. The summed E-state index contributed by atoms with van der Waals surface area (Å²) in [6, 6.07) is 0.474. The number of nitrogens with two attached hydrogens (primary N) is 1. The maximum absolute atomic E-state index is 5.92. The van der Waals surface area contributed by atoms with E-state index in [1.54, 1.807) is 0 Å².